The van der Waals surface area contributed by atoms with Gasteiger partial charge in [-0.1, -0.05) is 6.07 Å². The Morgan fingerprint density at radius 2 is 2.28 bits per heavy atom. The Morgan fingerprint density at radius 1 is 1.44 bits per heavy atom. The lowest BCUT2D eigenvalue weighted by Crippen LogP contribution is -2.24. The van der Waals surface area contributed by atoms with Gasteiger partial charge < -0.3 is 5.32 Å². The van der Waals surface area contributed by atoms with Gasteiger partial charge in [-0.25, -0.2) is 13.1 Å². The van der Waals surface area contributed by atoms with Gasteiger partial charge in [0, 0.05) is 25.2 Å². The minimum absolute atomic E-state index is 0.306. The predicted octanol–water partition coefficient (Wildman–Crippen LogP) is 1.35. The molecule has 0 amide bonds. The molecule has 0 bridgehead atoms. The van der Waals surface area contributed by atoms with Crippen molar-refractivity contribution in [2.75, 3.05) is 18.4 Å². The Labute approximate surface area is 108 Å². The van der Waals surface area contributed by atoms with Crippen LogP contribution in [0.1, 0.15) is 18.9 Å². The standard InChI is InChI=1S/C13H16N2O2S/c1-2-3-4-8-15-18(16,17)12-6-5-11-7-9-14-13(11)10-12/h5-6,10,14-15H,4,7-9H2,1H3. The first-order valence-electron chi connectivity index (χ1n) is 5.89. The largest absolute Gasteiger partial charge is 0.384 e. The molecule has 0 aliphatic carbocycles. The Hall–Kier alpha value is -1.51. The third kappa shape index (κ3) is 2.84. The Kier molecular flexibility index (Phi) is 3.90. The molecule has 18 heavy (non-hydrogen) atoms. The fourth-order valence-corrected chi connectivity index (χ4v) is 2.95. The van der Waals surface area contributed by atoms with E-state index in [0.717, 1.165) is 18.7 Å². The normalized spacial score (nSPS) is 13.4. The van der Waals surface area contributed by atoms with Gasteiger partial charge in [0.05, 0.1) is 4.90 Å². The van der Waals surface area contributed by atoms with Gasteiger partial charge in [-0.2, -0.15) is 0 Å². The molecule has 96 valence electrons. The maximum Gasteiger partial charge on any atom is 0.240 e. The second-order valence-electron chi connectivity index (χ2n) is 4.07. The quantitative estimate of drug-likeness (QED) is 0.637. The lowest BCUT2D eigenvalue weighted by molar-refractivity contribution is 0.582. The smallest absolute Gasteiger partial charge is 0.240 e. The first-order valence-corrected chi connectivity index (χ1v) is 7.38. The summed E-state index contributed by atoms with van der Waals surface area (Å²) in [5, 5.41) is 3.17. The van der Waals surface area contributed by atoms with Crippen molar-refractivity contribution in [2.24, 2.45) is 0 Å². The summed E-state index contributed by atoms with van der Waals surface area (Å²) < 4.78 is 26.6. The lowest BCUT2D eigenvalue weighted by atomic mass is 10.2. The monoisotopic (exact) mass is 264 g/mol. The number of fused-ring (bicyclic) bond motifs is 1. The number of hydrogen-bond acceptors (Lipinski definition) is 3. The Morgan fingerprint density at radius 3 is 3.06 bits per heavy atom. The maximum atomic E-state index is 12.0. The number of nitrogens with one attached hydrogen (secondary N) is 2. The van der Waals surface area contributed by atoms with Crippen LogP contribution in [-0.2, 0) is 16.4 Å². The summed E-state index contributed by atoms with van der Waals surface area (Å²) in [5.41, 5.74) is 2.09. The molecule has 2 N–H and O–H groups in total. The molecule has 0 atom stereocenters. The Balaban J connectivity index is 2.11. The van der Waals surface area contributed by atoms with Crippen LogP contribution in [0.2, 0.25) is 0 Å². The fourth-order valence-electron chi connectivity index (χ4n) is 1.89. The van der Waals surface area contributed by atoms with Crippen molar-refractivity contribution in [1.82, 2.24) is 4.72 Å². The SMILES string of the molecule is CC#CCCNS(=O)(=O)c1ccc2c(c1)NCC2. The fraction of sp³-hybridized carbons (Fsp3) is 0.385. The van der Waals surface area contributed by atoms with E-state index in [9.17, 15) is 8.42 Å². The first-order chi connectivity index (χ1) is 8.63. The zero-order valence-electron chi connectivity index (χ0n) is 10.3. The molecule has 5 heteroatoms. The third-order valence-electron chi connectivity index (χ3n) is 2.82. The molecular formula is C13H16N2O2S. The van der Waals surface area contributed by atoms with Crippen molar-refractivity contribution in [3.63, 3.8) is 0 Å². The molecule has 1 aromatic carbocycles. The van der Waals surface area contributed by atoms with Crippen LogP contribution in [0.15, 0.2) is 23.1 Å². The van der Waals surface area contributed by atoms with Crippen LogP contribution in [0.3, 0.4) is 0 Å². The van der Waals surface area contributed by atoms with Crippen molar-refractivity contribution < 1.29 is 8.42 Å². The molecular weight excluding hydrogens is 248 g/mol. The zero-order chi connectivity index (χ0) is 13.0. The van der Waals surface area contributed by atoms with E-state index in [1.165, 1.54) is 5.56 Å². The summed E-state index contributed by atoms with van der Waals surface area (Å²) in [6.45, 7) is 2.95. The van der Waals surface area contributed by atoms with Crippen LogP contribution in [0, 0.1) is 11.8 Å². The van der Waals surface area contributed by atoms with Gasteiger partial charge in [0.1, 0.15) is 0 Å². The molecule has 0 saturated heterocycles. The average molecular weight is 264 g/mol. The molecule has 1 aromatic rings. The van der Waals surface area contributed by atoms with Crippen molar-refractivity contribution in [3.8, 4) is 11.8 Å². The molecule has 4 nitrogen and oxygen atoms in total. The van der Waals surface area contributed by atoms with Crippen LogP contribution in [0.5, 0.6) is 0 Å². The number of benzene rings is 1. The summed E-state index contributed by atoms with van der Waals surface area (Å²) in [6, 6.07) is 5.21. The molecule has 0 aromatic heterocycles. The van der Waals surface area contributed by atoms with E-state index in [2.05, 4.69) is 21.9 Å². The van der Waals surface area contributed by atoms with Crippen LogP contribution in [-0.4, -0.2) is 21.5 Å². The van der Waals surface area contributed by atoms with Crippen LogP contribution in [0.4, 0.5) is 5.69 Å². The molecule has 0 spiro atoms. The van der Waals surface area contributed by atoms with Gasteiger partial charge in [-0.15, -0.1) is 11.8 Å². The van der Waals surface area contributed by atoms with Gasteiger partial charge >= 0.3 is 0 Å². The second-order valence-corrected chi connectivity index (χ2v) is 5.84. The van der Waals surface area contributed by atoms with E-state index < -0.39 is 10.0 Å². The zero-order valence-corrected chi connectivity index (χ0v) is 11.1. The van der Waals surface area contributed by atoms with E-state index >= 15 is 0 Å². The molecule has 0 saturated carbocycles. The van der Waals surface area contributed by atoms with Gasteiger partial charge in [0.25, 0.3) is 0 Å². The lowest BCUT2D eigenvalue weighted by Gasteiger charge is -2.07. The topological polar surface area (TPSA) is 58.2 Å². The van der Waals surface area contributed by atoms with E-state index in [1.807, 2.05) is 6.07 Å². The van der Waals surface area contributed by atoms with Gasteiger partial charge in [-0.05, 0) is 31.0 Å². The van der Waals surface area contributed by atoms with Crippen LogP contribution in [0.25, 0.3) is 0 Å². The highest BCUT2D eigenvalue weighted by molar-refractivity contribution is 7.89. The van der Waals surface area contributed by atoms with Crippen molar-refractivity contribution >= 4 is 15.7 Å². The van der Waals surface area contributed by atoms with E-state index in [0.29, 0.717) is 17.9 Å². The minimum atomic E-state index is -3.42. The molecule has 0 unspecified atom stereocenters. The summed E-state index contributed by atoms with van der Waals surface area (Å²) in [4.78, 5) is 0.306. The number of sulfonamides is 1. The third-order valence-corrected chi connectivity index (χ3v) is 4.28. The maximum absolute atomic E-state index is 12.0. The molecule has 1 aliphatic rings. The molecule has 0 fully saturated rings. The summed E-state index contributed by atoms with van der Waals surface area (Å²) in [7, 11) is -3.42. The predicted molar refractivity (Wildman–Crippen MR) is 71.9 cm³/mol. The second kappa shape index (κ2) is 5.42. The highest BCUT2D eigenvalue weighted by atomic mass is 32.2. The van der Waals surface area contributed by atoms with Crippen LogP contribution >= 0.6 is 0 Å². The highest BCUT2D eigenvalue weighted by Crippen LogP contribution is 2.25. The van der Waals surface area contributed by atoms with E-state index in [-0.39, 0.29) is 0 Å². The summed E-state index contributed by atoms with van der Waals surface area (Å²) in [6.07, 6.45) is 1.48. The number of anilines is 1. The average Bonchev–Trinajstić information content (AvgIpc) is 2.82. The van der Waals surface area contributed by atoms with Gasteiger partial charge in [0.15, 0.2) is 0 Å². The van der Waals surface area contributed by atoms with E-state index in [1.54, 1.807) is 19.1 Å². The molecule has 0 radical (unpaired) electrons. The summed E-state index contributed by atoms with van der Waals surface area (Å²) in [5.74, 6) is 5.56. The van der Waals surface area contributed by atoms with Gasteiger partial charge in [-0.3, -0.25) is 0 Å². The number of rotatable bonds is 4. The summed E-state index contributed by atoms with van der Waals surface area (Å²) >= 11 is 0. The molecule has 2 rings (SSSR count). The van der Waals surface area contributed by atoms with Crippen molar-refractivity contribution in [1.29, 1.82) is 0 Å². The molecule has 1 aliphatic heterocycles. The van der Waals surface area contributed by atoms with Crippen molar-refractivity contribution in [2.45, 2.75) is 24.7 Å². The number of hydrogen-bond donors (Lipinski definition) is 2. The Bertz CT molecular complexity index is 597. The highest BCUT2D eigenvalue weighted by Gasteiger charge is 2.17. The van der Waals surface area contributed by atoms with Gasteiger partial charge in [0.2, 0.25) is 10.0 Å². The van der Waals surface area contributed by atoms with E-state index in [4.69, 9.17) is 0 Å². The van der Waals surface area contributed by atoms with Crippen molar-refractivity contribution in [3.05, 3.63) is 23.8 Å². The molecule has 1 heterocycles. The first kappa shape index (κ1) is 12.9. The van der Waals surface area contributed by atoms with Crippen LogP contribution < -0.4 is 10.0 Å². The minimum Gasteiger partial charge on any atom is -0.384 e.